The Morgan fingerprint density at radius 1 is 0.696 bits per heavy atom. The first-order chi connectivity index (χ1) is 27.7. The third-order valence-electron chi connectivity index (χ3n) is 11.2. The quantitative estimate of drug-likeness (QED) is 0.150. The van der Waals surface area contributed by atoms with Crippen molar-refractivity contribution in [3.05, 3.63) is 205 Å². The van der Waals surface area contributed by atoms with E-state index in [0.717, 1.165) is 47.9 Å². The average Bonchev–Trinajstić information content (AvgIpc) is 3.79. The zero-order valence-corrected chi connectivity index (χ0v) is 31.4. The minimum Gasteiger partial charge on any atom is -0.340 e. The van der Waals surface area contributed by atoms with E-state index in [1.165, 1.54) is 60.4 Å². The molecule has 0 bridgehead atoms. The van der Waals surface area contributed by atoms with Crippen LogP contribution in [0.3, 0.4) is 0 Å². The van der Waals surface area contributed by atoms with Gasteiger partial charge in [0.05, 0.1) is 22.6 Å². The first-order valence-corrected chi connectivity index (χ1v) is 19.6. The number of allylic oxidation sites excluding steroid dienone is 6. The van der Waals surface area contributed by atoms with Crippen molar-refractivity contribution in [1.29, 1.82) is 0 Å². The second-order valence-corrected chi connectivity index (χ2v) is 14.6. The van der Waals surface area contributed by atoms with Gasteiger partial charge < -0.3 is 14.6 Å². The van der Waals surface area contributed by atoms with Crippen LogP contribution >= 0.6 is 0 Å². The van der Waals surface area contributed by atoms with Crippen LogP contribution in [0.4, 0.5) is 11.4 Å². The van der Waals surface area contributed by atoms with Gasteiger partial charge in [-0.25, -0.2) is 0 Å². The predicted molar refractivity (Wildman–Crippen MR) is 238 cm³/mol. The Balaban J connectivity index is 1.00. The number of hydrogen-bond donors (Lipinski definition) is 1. The van der Waals surface area contributed by atoms with E-state index >= 15 is 0 Å². The summed E-state index contributed by atoms with van der Waals surface area (Å²) in [5, 5.41) is 8.91. The van der Waals surface area contributed by atoms with E-state index in [-0.39, 0.29) is 6.04 Å². The number of rotatable bonds is 9. The van der Waals surface area contributed by atoms with E-state index in [1.807, 2.05) is 6.92 Å². The fourth-order valence-electron chi connectivity index (χ4n) is 8.47. The molecule has 3 heterocycles. The zero-order valence-electron chi connectivity index (χ0n) is 31.4. The molecule has 1 aliphatic carbocycles. The lowest BCUT2D eigenvalue weighted by Crippen LogP contribution is -2.28. The van der Waals surface area contributed by atoms with Crippen molar-refractivity contribution >= 4 is 61.0 Å². The number of nitrogens with one attached hydrogen (secondary N) is 1. The van der Waals surface area contributed by atoms with Crippen LogP contribution in [-0.2, 0) is 0 Å². The number of aromatic nitrogens is 1. The van der Waals surface area contributed by atoms with Crippen molar-refractivity contribution in [1.82, 2.24) is 9.72 Å². The van der Waals surface area contributed by atoms with Crippen LogP contribution in [0.5, 0.6) is 0 Å². The standard InChI is InChI=1S/C52H42N4/c1-2-3-4-15-32-55(41-18-9-6-10-19-41)42-30-28-38(29-31-42)48-35-47(53-52(54-48)39-16-7-5-8-17-39)37-26-24-36(25-27-37)40-33-45-43-20-11-13-22-49(43)56-50-23-14-12-21-44(50)46(34-40)51(45)56/h2-7,9-16,18-31,33-35,47H,8,17,32H2,1H3,(H,53,54)/b3-2-,15-4-. The largest absolute Gasteiger partial charge is 0.340 e. The molecule has 1 atom stereocenters. The Morgan fingerprint density at radius 3 is 2.04 bits per heavy atom. The Labute approximate surface area is 327 Å². The molecule has 0 saturated carbocycles. The van der Waals surface area contributed by atoms with Gasteiger partial charge in [-0.05, 0) is 102 Å². The Kier molecular flexibility index (Phi) is 8.64. The molecule has 0 amide bonds. The van der Waals surface area contributed by atoms with Crippen LogP contribution < -0.4 is 10.2 Å². The van der Waals surface area contributed by atoms with E-state index in [9.17, 15) is 0 Å². The minimum atomic E-state index is -0.121. The molecule has 6 aromatic carbocycles. The maximum atomic E-state index is 5.32. The summed E-state index contributed by atoms with van der Waals surface area (Å²) in [5.74, 6) is 0.952. The molecule has 0 saturated heterocycles. The van der Waals surface area contributed by atoms with Gasteiger partial charge in [-0.3, -0.25) is 4.99 Å². The number of hydrogen-bond acceptors (Lipinski definition) is 3. The van der Waals surface area contributed by atoms with Crippen LogP contribution in [-0.4, -0.2) is 16.8 Å². The molecule has 10 rings (SSSR count). The number of benzene rings is 6. The average molecular weight is 723 g/mol. The molecule has 8 aromatic rings. The van der Waals surface area contributed by atoms with Crippen LogP contribution in [0, 0.1) is 0 Å². The fourth-order valence-corrected chi connectivity index (χ4v) is 8.47. The van der Waals surface area contributed by atoms with Gasteiger partial charge in [0, 0.05) is 45.2 Å². The normalized spacial score (nSPS) is 15.9. The summed E-state index contributed by atoms with van der Waals surface area (Å²) in [6.45, 7) is 2.82. The van der Waals surface area contributed by atoms with E-state index in [4.69, 9.17) is 4.99 Å². The van der Waals surface area contributed by atoms with Crippen molar-refractivity contribution in [2.24, 2.45) is 4.99 Å². The number of aliphatic imine (C=N–C) groups is 1. The molecular weight excluding hydrogens is 681 g/mol. The maximum absolute atomic E-state index is 5.32. The highest BCUT2D eigenvalue weighted by molar-refractivity contribution is 6.24. The molecule has 270 valence electrons. The van der Waals surface area contributed by atoms with E-state index in [1.54, 1.807) is 0 Å². The summed E-state index contributed by atoms with van der Waals surface area (Å²) >= 11 is 0. The third kappa shape index (κ3) is 6.00. The molecule has 0 fully saturated rings. The summed E-state index contributed by atoms with van der Waals surface area (Å²) in [6.07, 6.45) is 19.3. The fraction of sp³-hybridized carbons (Fsp3) is 0.0962. The monoisotopic (exact) mass is 722 g/mol. The highest BCUT2D eigenvalue weighted by atomic mass is 15.1. The molecule has 1 N–H and O–H groups in total. The summed E-state index contributed by atoms with van der Waals surface area (Å²) < 4.78 is 2.44. The van der Waals surface area contributed by atoms with Crippen molar-refractivity contribution in [2.45, 2.75) is 25.8 Å². The maximum Gasteiger partial charge on any atom is 0.129 e. The molecule has 4 heteroatoms. The van der Waals surface area contributed by atoms with Crippen molar-refractivity contribution < 1.29 is 0 Å². The van der Waals surface area contributed by atoms with E-state index in [2.05, 4.69) is 203 Å². The van der Waals surface area contributed by atoms with Crippen LogP contribution in [0.15, 0.2) is 199 Å². The topological polar surface area (TPSA) is 32.0 Å². The van der Waals surface area contributed by atoms with E-state index < -0.39 is 0 Å². The minimum absolute atomic E-state index is 0.121. The second kappa shape index (κ2) is 14.4. The van der Waals surface area contributed by atoms with Gasteiger partial charge in [0.1, 0.15) is 5.84 Å². The van der Waals surface area contributed by atoms with Gasteiger partial charge in [-0.15, -0.1) is 0 Å². The molecular formula is C52H42N4. The lowest BCUT2D eigenvalue weighted by atomic mass is 9.95. The van der Waals surface area contributed by atoms with Crippen LogP contribution in [0.2, 0.25) is 0 Å². The SMILES string of the molecule is C/C=C\C=C/CN(c1ccccc1)c1ccc(C2=CC(c3ccc(-c4cc5c6ccccc6n6c7ccccc7c(c4)c56)cc3)N=C(C3=CC=CCC3)N2)cc1. The van der Waals surface area contributed by atoms with Gasteiger partial charge in [0.2, 0.25) is 0 Å². The number of anilines is 2. The first-order valence-electron chi connectivity index (χ1n) is 19.6. The first kappa shape index (κ1) is 33.6. The molecule has 1 aliphatic heterocycles. The number of amidine groups is 1. The van der Waals surface area contributed by atoms with Gasteiger partial charge >= 0.3 is 0 Å². The van der Waals surface area contributed by atoms with Crippen molar-refractivity contribution in [3.8, 4) is 11.1 Å². The Hall–Kier alpha value is -6.91. The summed E-state index contributed by atoms with van der Waals surface area (Å²) in [6, 6.07) is 50.8. The van der Waals surface area contributed by atoms with Crippen molar-refractivity contribution in [3.63, 3.8) is 0 Å². The predicted octanol–water partition coefficient (Wildman–Crippen LogP) is 13.1. The smallest absolute Gasteiger partial charge is 0.129 e. The molecule has 2 aromatic heterocycles. The van der Waals surface area contributed by atoms with Gasteiger partial charge in [-0.1, -0.05) is 134 Å². The van der Waals surface area contributed by atoms with Crippen LogP contribution in [0.1, 0.15) is 36.9 Å². The summed E-state index contributed by atoms with van der Waals surface area (Å²) in [5.41, 5.74) is 13.2. The van der Waals surface area contributed by atoms with Gasteiger partial charge in [0.25, 0.3) is 0 Å². The Morgan fingerprint density at radius 2 is 1.36 bits per heavy atom. The molecule has 0 spiro atoms. The summed E-state index contributed by atoms with van der Waals surface area (Å²) in [7, 11) is 0. The zero-order chi connectivity index (χ0) is 37.4. The molecule has 1 unspecified atom stereocenters. The lowest BCUT2D eigenvalue weighted by Gasteiger charge is -2.26. The highest BCUT2D eigenvalue weighted by Crippen LogP contribution is 2.42. The van der Waals surface area contributed by atoms with Crippen molar-refractivity contribution in [2.75, 3.05) is 11.4 Å². The molecule has 56 heavy (non-hydrogen) atoms. The van der Waals surface area contributed by atoms with Gasteiger partial charge in [-0.2, -0.15) is 0 Å². The lowest BCUT2D eigenvalue weighted by molar-refractivity contribution is 0.868. The number of para-hydroxylation sites is 3. The van der Waals surface area contributed by atoms with Crippen LogP contribution in [0.25, 0.3) is 54.9 Å². The molecule has 0 radical (unpaired) electrons. The number of fused-ring (bicyclic) bond motifs is 6. The molecule has 2 aliphatic rings. The summed E-state index contributed by atoms with van der Waals surface area (Å²) in [4.78, 5) is 7.66. The highest BCUT2D eigenvalue weighted by Gasteiger charge is 2.22. The van der Waals surface area contributed by atoms with Gasteiger partial charge in [0.15, 0.2) is 0 Å². The third-order valence-corrected chi connectivity index (χ3v) is 11.2. The molecule has 4 nitrogen and oxygen atoms in total. The Bertz CT molecular complexity index is 2820. The van der Waals surface area contributed by atoms with E-state index in [0.29, 0.717) is 0 Å². The second-order valence-electron chi connectivity index (χ2n) is 14.6. The number of nitrogens with zero attached hydrogens (tertiary/aromatic N) is 3.